The van der Waals surface area contributed by atoms with Gasteiger partial charge in [0.2, 0.25) is 11.8 Å². The van der Waals surface area contributed by atoms with Crippen LogP contribution in [0.15, 0.2) is 109 Å². The largest absolute Gasteiger partial charge is 0.369 e. The van der Waals surface area contributed by atoms with Gasteiger partial charge in [0.1, 0.15) is 5.69 Å². The van der Waals surface area contributed by atoms with Crippen LogP contribution in [0.5, 0.6) is 0 Å². The van der Waals surface area contributed by atoms with Crippen molar-refractivity contribution < 1.29 is 14.4 Å². The second-order valence-electron chi connectivity index (χ2n) is 19.3. The van der Waals surface area contributed by atoms with Gasteiger partial charge in [-0.2, -0.15) is 0 Å². The molecule has 1 unspecified atom stereocenters. The number of aryl methyl sites for hydroxylation is 2. The number of anilines is 3. The third kappa shape index (κ3) is 16.3. The van der Waals surface area contributed by atoms with Crippen LogP contribution >= 0.6 is 0 Å². The van der Waals surface area contributed by atoms with E-state index in [0.717, 1.165) is 85.6 Å². The zero-order valence-corrected chi connectivity index (χ0v) is 44.7. The molecule has 3 atom stereocenters. The molecular weight excluding hydrogens is 881 g/mol. The summed E-state index contributed by atoms with van der Waals surface area (Å²) in [7, 11) is 0. The van der Waals surface area contributed by atoms with Crippen molar-refractivity contribution in [1.29, 1.82) is 0 Å². The number of fused-ring (bicyclic) bond motifs is 1. The zero-order valence-electron chi connectivity index (χ0n) is 44.7. The number of hydrogen-bond donors (Lipinski definition) is 2. The molecule has 10 rings (SSSR count). The van der Waals surface area contributed by atoms with Crippen molar-refractivity contribution in [1.82, 2.24) is 29.8 Å². The topological polar surface area (TPSA) is 125 Å². The van der Waals surface area contributed by atoms with Crippen LogP contribution in [0.25, 0.3) is 28.0 Å². The molecule has 2 saturated heterocycles. The zero-order chi connectivity index (χ0) is 51.8. The first-order valence-electron chi connectivity index (χ1n) is 25.9. The minimum Gasteiger partial charge on any atom is -0.369 e. The number of pyridine rings is 1. The van der Waals surface area contributed by atoms with Crippen molar-refractivity contribution in [3.05, 3.63) is 137 Å². The second kappa shape index (κ2) is 26.7. The summed E-state index contributed by atoms with van der Waals surface area (Å²) in [5, 5.41) is 10.5. The van der Waals surface area contributed by atoms with Crippen molar-refractivity contribution in [2.45, 2.75) is 128 Å². The quantitative estimate of drug-likeness (QED) is 0.0828. The van der Waals surface area contributed by atoms with Crippen LogP contribution in [0, 0.1) is 31.6 Å². The van der Waals surface area contributed by atoms with Crippen LogP contribution < -0.4 is 15.5 Å². The highest BCUT2D eigenvalue weighted by molar-refractivity contribution is 5.98. The van der Waals surface area contributed by atoms with E-state index in [1.165, 1.54) is 45.5 Å². The fourth-order valence-electron chi connectivity index (χ4n) is 8.10. The number of imide groups is 1. The van der Waals surface area contributed by atoms with Gasteiger partial charge in [-0.3, -0.25) is 29.6 Å². The molecule has 5 heterocycles. The monoisotopic (exact) mass is 961 g/mol. The molecule has 71 heavy (non-hydrogen) atoms. The van der Waals surface area contributed by atoms with Crippen molar-refractivity contribution >= 4 is 40.4 Å². The average Bonchev–Trinajstić information content (AvgIpc) is 4.29. The first kappa shape index (κ1) is 55.5. The fraction of sp³-hybridized carbons (Fsp3) is 0.433. The Morgan fingerprint density at radius 1 is 0.746 bits per heavy atom. The van der Waals surface area contributed by atoms with Gasteiger partial charge in [0.25, 0.3) is 0 Å². The number of benzene rings is 3. The minimum absolute atomic E-state index is 0.0164. The molecule has 0 radical (unpaired) electrons. The Balaban J connectivity index is 0.000000355. The van der Waals surface area contributed by atoms with Gasteiger partial charge in [-0.25, -0.2) is 9.50 Å². The van der Waals surface area contributed by atoms with Gasteiger partial charge >= 0.3 is 0 Å². The molecule has 378 valence electrons. The van der Waals surface area contributed by atoms with Crippen molar-refractivity contribution in [2.75, 3.05) is 36.4 Å². The molecule has 6 aromatic rings. The molecule has 2 N–H and O–H groups in total. The number of piperidine rings is 1. The highest BCUT2D eigenvalue weighted by Gasteiger charge is 2.29. The van der Waals surface area contributed by atoms with Gasteiger partial charge in [0.05, 0.1) is 11.9 Å². The average molecular weight is 961 g/mol. The lowest BCUT2D eigenvalue weighted by Crippen LogP contribution is -2.45. The summed E-state index contributed by atoms with van der Waals surface area (Å²) >= 11 is 0. The maximum atomic E-state index is 12.2. The molecule has 11 nitrogen and oxygen atoms in total. The van der Waals surface area contributed by atoms with Gasteiger partial charge in [-0.15, -0.1) is 11.7 Å². The molecule has 4 aliphatic rings. The third-order valence-electron chi connectivity index (χ3n) is 13.0. The molecule has 2 aliphatic carbocycles. The van der Waals surface area contributed by atoms with E-state index in [1.54, 1.807) is 17.6 Å². The molecule has 0 spiro atoms. The Labute approximate surface area is 424 Å². The molecule has 3 aromatic carbocycles. The van der Waals surface area contributed by atoms with Gasteiger partial charge in [0.15, 0.2) is 17.2 Å². The van der Waals surface area contributed by atoms with E-state index in [9.17, 15) is 14.4 Å². The van der Waals surface area contributed by atoms with Crippen molar-refractivity contribution in [3.63, 3.8) is 0 Å². The van der Waals surface area contributed by atoms with Crippen LogP contribution in [0.3, 0.4) is 0 Å². The first-order chi connectivity index (χ1) is 34.1. The summed E-state index contributed by atoms with van der Waals surface area (Å²) < 4.78 is 1.69. The van der Waals surface area contributed by atoms with Gasteiger partial charge in [0, 0.05) is 80.7 Å². The number of nitrogens with zero attached hydrogens (tertiary/aromatic N) is 6. The van der Waals surface area contributed by atoms with Crippen LogP contribution in [0.1, 0.15) is 140 Å². The number of rotatable bonds is 9. The molecule has 2 aliphatic heterocycles. The Kier molecular flexibility index (Phi) is 20.8. The predicted molar refractivity (Wildman–Crippen MR) is 294 cm³/mol. The normalized spacial score (nSPS) is 18.0. The number of amides is 2. The number of aromatic nitrogens is 4. The number of nitrogens with one attached hydrogen (secondary N) is 2. The van der Waals surface area contributed by atoms with Gasteiger partial charge < -0.3 is 10.2 Å². The summed E-state index contributed by atoms with van der Waals surface area (Å²) in [5.74, 6) is 2.97. The van der Waals surface area contributed by atoms with Crippen LogP contribution in [0.4, 0.5) is 17.2 Å². The number of carbonyl (C=O) groups is 3. The van der Waals surface area contributed by atoms with Crippen LogP contribution in [0.2, 0.25) is 0 Å². The number of Topliss-reactive ketones (excluding diaryl/α,β-unsaturated/α-hetero) is 1. The Bertz CT molecular complexity index is 2690. The van der Waals surface area contributed by atoms with E-state index in [1.807, 2.05) is 66.8 Å². The van der Waals surface area contributed by atoms with E-state index in [-0.39, 0.29) is 23.5 Å². The highest BCUT2D eigenvalue weighted by Crippen LogP contribution is 2.42. The van der Waals surface area contributed by atoms with Crippen LogP contribution in [-0.2, 0) is 16.1 Å². The second-order valence-corrected chi connectivity index (χ2v) is 19.3. The predicted octanol–water partition coefficient (Wildman–Crippen LogP) is 13.6. The number of carbonyl (C=O) groups excluding carboxylic acids is 3. The fourth-order valence-corrected chi connectivity index (χ4v) is 8.10. The van der Waals surface area contributed by atoms with E-state index >= 15 is 0 Å². The van der Waals surface area contributed by atoms with Gasteiger partial charge in [-0.05, 0) is 135 Å². The maximum Gasteiger partial charge on any atom is 0.229 e. The standard InChI is InChI=1S/C41H41N7O.C6H9NO2.C5H10.C4H8.2C2H6/c1-27-7-9-33(21-28(27)2)31-12-14-36(15-13-31)47-19-17-46(18-20-47)26-30-8-16-38(42-24-30)34-5-4-6-35(22-34)44-40-23-37(32-10-11-32)41-43-25-39(29(3)49)48(41)45-40;1-4-2-3-5(8)7-6(4)9;1-4-3-5(4)2;1-4(2)3;2*1-2/h4-9,12-16,21-25,32H,10-11,17-20,26H2,1-3H3,(H,44,45);4H,2-3H2,1H3,(H,7,8,9);4-5H,3H2,1-2H3;1H2,2-3H3;2*1-2H3/t;;4-,5+;;;. The number of hydrogen-bond acceptors (Lipinski definition) is 9. The summed E-state index contributed by atoms with van der Waals surface area (Å²) in [4.78, 5) is 47.7. The maximum absolute atomic E-state index is 12.2. The Morgan fingerprint density at radius 3 is 1.94 bits per heavy atom. The van der Waals surface area contributed by atoms with Crippen LogP contribution in [-0.4, -0.2) is 68.3 Å². The molecule has 2 saturated carbocycles. The Morgan fingerprint density at radius 2 is 1.39 bits per heavy atom. The van der Waals surface area contributed by atoms with E-state index < -0.39 is 0 Å². The third-order valence-corrected chi connectivity index (χ3v) is 13.0. The molecular formula is C60H80N8O3. The molecule has 3 aromatic heterocycles. The number of allylic oxidation sites excluding steroid dienone is 1. The van der Waals surface area contributed by atoms with E-state index in [4.69, 9.17) is 10.1 Å². The van der Waals surface area contributed by atoms with Crippen molar-refractivity contribution in [2.24, 2.45) is 17.8 Å². The summed E-state index contributed by atoms with van der Waals surface area (Å²) in [5.41, 5.74) is 14.2. The highest BCUT2D eigenvalue weighted by atomic mass is 16.2. The van der Waals surface area contributed by atoms with E-state index in [0.29, 0.717) is 30.3 Å². The molecule has 2 amide bonds. The first-order valence-corrected chi connectivity index (χ1v) is 25.9. The number of ketones is 1. The smallest absolute Gasteiger partial charge is 0.229 e. The summed E-state index contributed by atoms with van der Waals surface area (Å²) in [6.45, 7) is 32.7. The summed E-state index contributed by atoms with van der Waals surface area (Å²) in [6.07, 6.45) is 8.57. The SMILES string of the molecule is C=C(C)C.CC.CC.CC(=O)c1cnc2c(C3CC3)cc(Nc3cccc(-c4ccc(CN5CCN(c6ccc(-c7ccc(C)c(C)c7)cc6)CC5)cn4)c3)nn12.CC1CCC(=O)NC1=O.C[C@@H]1C[C@@H]1C. The lowest BCUT2D eigenvalue weighted by atomic mass is 10.0. The van der Waals surface area contributed by atoms with E-state index in [2.05, 4.69) is 132 Å². The molecule has 11 heteroatoms. The lowest BCUT2D eigenvalue weighted by Gasteiger charge is -2.36. The molecule has 0 bridgehead atoms. The molecule has 4 fully saturated rings. The number of imidazole rings is 1. The number of piperazine rings is 1. The summed E-state index contributed by atoms with van der Waals surface area (Å²) in [6, 6.07) is 30.3. The Hall–Kier alpha value is -6.46. The lowest BCUT2D eigenvalue weighted by molar-refractivity contribution is -0.135. The van der Waals surface area contributed by atoms with Crippen molar-refractivity contribution in [3.8, 4) is 22.4 Å². The van der Waals surface area contributed by atoms with Gasteiger partial charge in [-0.1, -0.05) is 103 Å². The minimum atomic E-state index is -0.141.